The Morgan fingerprint density at radius 1 is 1.53 bits per heavy atom. The van der Waals surface area contributed by atoms with E-state index in [1.165, 1.54) is 30.8 Å². The third kappa shape index (κ3) is 2.60. The molecule has 1 fully saturated rings. The molecular formula is C13H18N4S2. The topological polar surface area (TPSA) is 63.8 Å². The van der Waals surface area contributed by atoms with Crippen LogP contribution in [-0.2, 0) is 0 Å². The predicted molar refractivity (Wildman–Crippen MR) is 82.8 cm³/mol. The lowest BCUT2D eigenvalue weighted by Crippen LogP contribution is -2.04. The van der Waals surface area contributed by atoms with Gasteiger partial charge in [0.1, 0.15) is 10.8 Å². The van der Waals surface area contributed by atoms with Gasteiger partial charge in [-0.05, 0) is 37.2 Å². The summed E-state index contributed by atoms with van der Waals surface area (Å²) >= 11 is 3.09. The van der Waals surface area contributed by atoms with Gasteiger partial charge < -0.3 is 11.1 Å². The normalized spacial score (nSPS) is 21.6. The number of hydrogen-bond donors (Lipinski definition) is 2. The Labute approximate surface area is 121 Å². The van der Waals surface area contributed by atoms with Crippen LogP contribution in [0.15, 0.2) is 5.38 Å². The molecule has 0 aromatic carbocycles. The molecule has 0 spiro atoms. The molecule has 2 aromatic heterocycles. The quantitative estimate of drug-likeness (QED) is 0.881. The third-order valence-electron chi connectivity index (χ3n) is 3.49. The monoisotopic (exact) mass is 294 g/mol. The van der Waals surface area contributed by atoms with E-state index in [0.29, 0.717) is 11.9 Å². The molecule has 0 radical (unpaired) electrons. The Bertz CT molecular complexity index is 575. The second-order valence-corrected chi connectivity index (χ2v) is 6.89. The first kappa shape index (κ1) is 12.9. The van der Waals surface area contributed by atoms with Crippen LogP contribution in [0.25, 0.3) is 11.3 Å². The molecule has 3 N–H and O–H groups in total. The van der Waals surface area contributed by atoms with E-state index in [4.69, 9.17) is 5.73 Å². The van der Waals surface area contributed by atoms with Gasteiger partial charge in [0.2, 0.25) is 0 Å². The maximum Gasteiger partial charge on any atom is 0.148 e. The summed E-state index contributed by atoms with van der Waals surface area (Å²) in [6, 6.07) is 0.596. The Balaban J connectivity index is 1.80. The number of thiazole rings is 1. The summed E-state index contributed by atoms with van der Waals surface area (Å²) < 4.78 is 4.28. The summed E-state index contributed by atoms with van der Waals surface area (Å²) in [7, 11) is 0. The van der Waals surface area contributed by atoms with E-state index >= 15 is 0 Å². The van der Waals surface area contributed by atoms with Crippen molar-refractivity contribution in [2.75, 3.05) is 11.1 Å². The van der Waals surface area contributed by atoms with Gasteiger partial charge in [-0.3, -0.25) is 0 Å². The first-order chi connectivity index (χ1) is 9.19. The zero-order valence-electron chi connectivity index (χ0n) is 11.1. The van der Waals surface area contributed by atoms with E-state index in [2.05, 4.69) is 27.0 Å². The standard InChI is InChI=1S/C13H18N4S2/c1-3-4-8-5-9(8)16-13-11(12(14)17-19-13)10-6-18-7(2)15-10/h6,8-9,16H,3-5H2,1-2H3,(H2,14,17). The average molecular weight is 294 g/mol. The van der Waals surface area contributed by atoms with E-state index in [1.807, 2.05) is 6.92 Å². The molecule has 4 nitrogen and oxygen atoms in total. The van der Waals surface area contributed by atoms with Crippen LogP contribution < -0.4 is 11.1 Å². The fraction of sp³-hybridized carbons (Fsp3) is 0.538. The summed E-state index contributed by atoms with van der Waals surface area (Å²) in [5.74, 6) is 1.41. The number of aryl methyl sites for hydroxylation is 1. The lowest BCUT2D eigenvalue weighted by atomic mass is 10.2. The predicted octanol–water partition coefficient (Wildman–Crippen LogP) is 3.76. The van der Waals surface area contributed by atoms with Crippen LogP contribution in [0, 0.1) is 12.8 Å². The van der Waals surface area contributed by atoms with Crippen molar-refractivity contribution in [1.29, 1.82) is 0 Å². The van der Waals surface area contributed by atoms with Crippen molar-refractivity contribution in [2.45, 2.75) is 39.2 Å². The first-order valence-corrected chi connectivity index (χ1v) is 8.28. The van der Waals surface area contributed by atoms with Gasteiger partial charge in [-0.15, -0.1) is 11.3 Å². The molecule has 0 aliphatic heterocycles. The third-order valence-corrected chi connectivity index (χ3v) is 5.06. The van der Waals surface area contributed by atoms with Crippen molar-refractivity contribution in [3.05, 3.63) is 10.4 Å². The SMILES string of the molecule is CCCC1CC1Nc1snc(N)c1-c1csc(C)n1. The largest absolute Gasteiger partial charge is 0.382 e. The highest BCUT2D eigenvalue weighted by Crippen LogP contribution is 2.43. The van der Waals surface area contributed by atoms with Crippen LogP contribution in [0.4, 0.5) is 10.8 Å². The Morgan fingerprint density at radius 2 is 2.37 bits per heavy atom. The number of aromatic nitrogens is 2. The van der Waals surface area contributed by atoms with Crippen molar-refractivity contribution in [3.63, 3.8) is 0 Å². The lowest BCUT2D eigenvalue weighted by molar-refractivity contribution is 0.693. The number of nitrogens with one attached hydrogen (secondary N) is 1. The minimum atomic E-state index is 0.588. The minimum absolute atomic E-state index is 0.588. The number of nitrogen functional groups attached to an aromatic ring is 1. The van der Waals surface area contributed by atoms with E-state index < -0.39 is 0 Å². The molecule has 1 aliphatic rings. The van der Waals surface area contributed by atoms with Gasteiger partial charge in [-0.2, -0.15) is 4.37 Å². The molecule has 1 aliphatic carbocycles. The molecule has 2 unspecified atom stereocenters. The summed E-state index contributed by atoms with van der Waals surface area (Å²) in [6.07, 6.45) is 3.82. The van der Waals surface area contributed by atoms with Crippen molar-refractivity contribution in [1.82, 2.24) is 9.36 Å². The summed E-state index contributed by atoms with van der Waals surface area (Å²) in [4.78, 5) is 4.52. The van der Waals surface area contributed by atoms with Gasteiger partial charge in [0.15, 0.2) is 0 Å². The molecule has 19 heavy (non-hydrogen) atoms. The van der Waals surface area contributed by atoms with Crippen LogP contribution in [0.2, 0.25) is 0 Å². The maximum atomic E-state index is 6.00. The highest BCUT2D eigenvalue weighted by atomic mass is 32.1. The van der Waals surface area contributed by atoms with Gasteiger partial charge in [-0.1, -0.05) is 13.3 Å². The highest BCUT2D eigenvalue weighted by molar-refractivity contribution is 7.11. The second-order valence-electron chi connectivity index (χ2n) is 5.06. The molecule has 1 saturated carbocycles. The minimum Gasteiger partial charge on any atom is -0.382 e. The number of rotatable bonds is 5. The van der Waals surface area contributed by atoms with Crippen LogP contribution >= 0.6 is 22.9 Å². The van der Waals surface area contributed by atoms with Crippen LogP contribution in [0.5, 0.6) is 0 Å². The fourth-order valence-electron chi connectivity index (χ4n) is 2.41. The lowest BCUT2D eigenvalue weighted by Gasteiger charge is -2.05. The summed E-state index contributed by atoms with van der Waals surface area (Å²) in [5.41, 5.74) is 7.93. The van der Waals surface area contributed by atoms with Crippen LogP contribution in [0.3, 0.4) is 0 Å². The molecular weight excluding hydrogens is 276 g/mol. The van der Waals surface area contributed by atoms with Gasteiger partial charge in [0.05, 0.1) is 16.3 Å². The van der Waals surface area contributed by atoms with Gasteiger partial charge in [0, 0.05) is 11.4 Å². The number of nitrogens with two attached hydrogens (primary N) is 1. The van der Waals surface area contributed by atoms with Gasteiger partial charge in [-0.25, -0.2) is 4.98 Å². The molecule has 2 heterocycles. The summed E-state index contributed by atoms with van der Waals surface area (Å²) in [5, 5.41) is 7.77. The fourth-order valence-corrected chi connectivity index (χ4v) is 3.80. The first-order valence-electron chi connectivity index (χ1n) is 6.63. The maximum absolute atomic E-state index is 6.00. The van der Waals surface area contributed by atoms with Crippen molar-refractivity contribution >= 4 is 33.7 Å². The van der Waals surface area contributed by atoms with Crippen LogP contribution in [-0.4, -0.2) is 15.4 Å². The summed E-state index contributed by atoms with van der Waals surface area (Å²) in [6.45, 7) is 4.25. The van der Waals surface area contributed by atoms with Crippen molar-refractivity contribution in [3.8, 4) is 11.3 Å². The Kier molecular flexibility index (Phi) is 3.45. The molecule has 3 rings (SSSR count). The second kappa shape index (κ2) is 5.09. The number of nitrogens with zero attached hydrogens (tertiary/aromatic N) is 2. The van der Waals surface area contributed by atoms with Crippen molar-refractivity contribution in [2.24, 2.45) is 5.92 Å². The molecule has 0 saturated heterocycles. The number of hydrogen-bond acceptors (Lipinski definition) is 6. The van der Waals surface area contributed by atoms with E-state index in [9.17, 15) is 0 Å². The van der Waals surface area contributed by atoms with E-state index in [1.54, 1.807) is 11.3 Å². The van der Waals surface area contributed by atoms with Crippen molar-refractivity contribution < 1.29 is 0 Å². The molecule has 6 heteroatoms. The highest BCUT2D eigenvalue weighted by Gasteiger charge is 2.37. The van der Waals surface area contributed by atoms with Gasteiger partial charge >= 0.3 is 0 Å². The zero-order valence-corrected chi connectivity index (χ0v) is 12.8. The molecule has 102 valence electrons. The number of anilines is 2. The Hall–Kier alpha value is -1.14. The molecule has 0 amide bonds. The zero-order chi connectivity index (χ0) is 13.4. The smallest absolute Gasteiger partial charge is 0.148 e. The molecule has 0 bridgehead atoms. The van der Waals surface area contributed by atoms with E-state index in [-0.39, 0.29) is 0 Å². The van der Waals surface area contributed by atoms with Gasteiger partial charge in [0.25, 0.3) is 0 Å². The average Bonchev–Trinajstić information content (AvgIpc) is 2.78. The van der Waals surface area contributed by atoms with E-state index in [0.717, 1.165) is 27.2 Å². The van der Waals surface area contributed by atoms with Crippen LogP contribution in [0.1, 0.15) is 31.2 Å². The Morgan fingerprint density at radius 3 is 3.05 bits per heavy atom. The molecule has 2 atom stereocenters. The molecule has 2 aromatic rings.